The van der Waals surface area contributed by atoms with E-state index in [0.717, 1.165) is 30.6 Å². The Labute approximate surface area is 133 Å². The lowest BCUT2D eigenvalue weighted by molar-refractivity contribution is -0.128. The number of oxime groups is 1. The van der Waals surface area contributed by atoms with Crippen molar-refractivity contribution in [1.82, 2.24) is 5.32 Å². The van der Waals surface area contributed by atoms with Crippen molar-refractivity contribution in [3.05, 3.63) is 21.3 Å². The van der Waals surface area contributed by atoms with E-state index in [1.54, 1.807) is 6.07 Å². The van der Waals surface area contributed by atoms with Crippen LogP contribution in [0.15, 0.2) is 17.3 Å². The van der Waals surface area contributed by atoms with Crippen LogP contribution in [0.3, 0.4) is 0 Å². The molecular weight excluding hydrogens is 310 g/mol. The summed E-state index contributed by atoms with van der Waals surface area (Å²) in [6, 6.07) is 3.69. The fourth-order valence-corrected chi connectivity index (χ4v) is 3.84. The molecule has 0 spiro atoms. The first-order chi connectivity index (χ1) is 10.1. The summed E-state index contributed by atoms with van der Waals surface area (Å²) < 4.78 is 0.694. The quantitative estimate of drug-likeness (QED) is 0.261. The Morgan fingerprint density at radius 2 is 2.05 bits per heavy atom. The molecule has 21 heavy (non-hydrogen) atoms. The van der Waals surface area contributed by atoms with Gasteiger partial charge in [0.05, 0.1) is 10.9 Å². The highest BCUT2D eigenvalue weighted by molar-refractivity contribution is 7.16. The lowest BCUT2D eigenvalue weighted by Gasteiger charge is -2.29. The minimum Gasteiger partial charge on any atom is -0.409 e. The van der Waals surface area contributed by atoms with E-state index >= 15 is 0 Å². The first-order valence-corrected chi connectivity index (χ1v) is 8.28. The molecule has 5 nitrogen and oxygen atoms in total. The zero-order chi connectivity index (χ0) is 15.3. The predicted octanol–water partition coefficient (Wildman–Crippen LogP) is 3.10. The maximum absolute atomic E-state index is 12.6. The first kappa shape index (κ1) is 16.1. The highest BCUT2D eigenvalue weighted by Crippen LogP contribution is 2.36. The molecule has 0 aromatic carbocycles. The van der Waals surface area contributed by atoms with Gasteiger partial charge in [-0.3, -0.25) is 4.79 Å². The molecule has 0 radical (unpaired) electrons. The van der Waals surface area contributed by atoms with Crippen LogP contribution in [-0.2, 0) is 11.3 Å². The summed E-state index contributed by atoms with van der Waals surface area (Å²) in [5.41, 5.74) is 4.96. The molecule has 1 aliphatic rings. The number of nitrogens with zero attached hydrogens (tertiary/aromatic N) is 1. The van der Waals surface area contributed by atoms with Gasteiger partial charge in [0.15, 0.2) is 5.84 Å². The van der Waals surface area contributed by atoms with Crippen molar-refractivity contribution in [3.8, 4) is 0 Å². The van der Waals surface area contributed by atoms with Crippen LogP contribution >= 0.6 is 22.9 Å². The Hall–Kier alpha value is -1.27. The molecule has 0 bridgehead atoms. The van der Waals surface area contributed by atoms with Gasteiger partial charge < -0.3 is 16.3 Å². The van der Waals surface area contributed by atoms with Crippen LogP contribution in [0.25, 0.3) is 0 Å². The number of nitrogens with two attached hydrogens (primary N) is 1. The molecule has 0 aliphatic heterocycles. The van der Waals surface area contributed by atoms with Gasteiger partial charge in [-0.1, -0.05) is 42.4 Å². The van der Waals surface area contributed by atoms with Crippen LogP contribution < -0.4 is 11.1 Å². The van der Waals surface area contributed by atoms with Crippen LogP contribution in [0.2, 0.25) is 4.34 Å². The Morgan fingerprint density at radius 3 is 2.57 bits per heavy atom. The molecule has 0 atom stereocenters. The van der Waals surface area contributed by atoms with Gasteiger partial charge >= 0.3 is 0 Å². The Morgan fingerprint density at radius 1 is 1.38 bits per heavy atom. The molecule has 1 heterocycles. The maximum Gasteiger partial charge on any atom is 0.234 e. The lowest BCUT2D eigenvalue weighted by Crippen LogP contribution is -2.49. The van der Waals surface area contributed by atoms with E-state index in [2.05, 4.69) is 10.5 Å². The molecule has 1 fully saturated rings. The fraction of sp³-hybridized carbons (Fsp3) is 0.571. The third-order valence-corrected chi connectivity index (χ3v) is 5.27. The van der Waals surface area contributed by atoms with Gasteiger partial charge in [0.25, 0.3) is 0 Å². The Balaban J connectivity index is 2.10. The second-order valence-electron chi connectivity index (χ2n) is 5.37. The summed E-state index contributed by atoms with van der Waals surface area (Å²) in [6.45, 7) is 0.413. The smallest absolute Gasteiger partial charge is 0.234 e. The van der Waals surface area contributed by atoms with E-state index in [4.69, 9.17) is 22.5 Å². The number of carbonyl (C=O) groups is 1. The van der Waals surface area contributed by atoms with E-state index in [0.29, 0.717) is 23.7 Å². The third kappa shape index (κ3) is 3.68. The molecule has 4 N–H and O–H groups in total. The van der Waals surface area contributed by atoms with Gasteiger partial charge in [-0.25, -0.2) is 0 Å². The average molecular weight is 330 g/mol. The number of halogens is 1. The van der Waals surface area contributed by atoms with E-state index in [1.807, 2.05) is 6.07 Å². The molecule has 1 amide bonds. The number of amides is 1. The zero-order valence-electron chi connectivity index (χ0n) is 11.8. The van der Waals surface area contributed by atoms with Gasteiger partial charge in [-0.05, 0) is 25.0 Å². The second-order valence-corrected chi connectivity index (χ2v) is 7.17. The largest absolute Gasteiger partial charge is 0.409 e. The number of hydrogen-bond donors (Lipinski definition) is 3. The molecular formula is C14H20ClN3O2S. The van der Waals surface area contributed by atoms with Crippen LogP contribution in [0.4, 0.5) is 0 Å². The van der Waals surface area contributed by atoms with E-state index < -0.39 is 5.41 Å². The van der Waals surface area contributed by atoms with Crippen molar-refractivity contribution >= 4 is 34.7 Å². The van der Waals surface area contributed by atoms with Crippen molar-refractivity contribution in [2.45, 2.75) is 45.1 Å². The van der Waals surface area contributed by atoms with Crippen LogP contribution in [0.1, 0.15) is 43.4 Å². The normalized spacial score (nSPS) is 19.0. The predicted molar refractivity (Wildman–Crippen MR) is 84.7 cm³/mol. The molecule has 116 valence electrons. The average Bonchev–Trinajstić information content (AvgIpc) is 2.76. The third-order valence-electron chi connectivity index (χ3n) is 4.04. The van der Waals surface area contributed by atoms with Gasteiger partial charge in [0.2, 0.25) is 5.91 Å². The van der Waals surface area contributed by atoms with Crippen LogP contribution in [0, 0.1) is 5.41 Å². The lowest BCUT2D eigenvalue weighted by atomic mass is 9.78. The molecule has 1 aromatic rings. The van der Waals surface area contributed by atoms with Crippen molar-refractivity contribution in [1.29, 1.82) is 0 Å². The number of carbonyl (C=O) groups excluding carboxylic acids is 1. The molecule has 1 saturated carbocycles. The monoisotopic (exact) mass is 329 g/mol. The van der Waals surface area contributed by atoms with Gasteiger partial charge in [0.1, 0.15) is 5.41 Å². The van der Waals surface area contributed by atoms with E-state index in [-0.39, 0.29) is 11.7 Å². The number of thiophene rings is 1. The van der Waals surface area contributed by atoms with Gasteiger partial charge in [-0.15, -0.1) is 11.3 Å². The first-order valence-electron chi connectivity index (χ1n) is 7.09. The Bertz CT molecular complexity index is 522. The van der Waals surface area contributed by atoms with Crippen molar-refractivity contribution < 1.29 is 10.0 Å². The minimum absolute atomic E-state index is 0.0195. The fourth-order valence-electron chi connectivity index (χ4n) is 2.81. The zero-order valence-corrected chi connectivity index (χ0v) is 13.3. The standard InChI is InChI=1S/C14H20ClN3O2S/c15-11-6-5-10(21-11)9-17-13(19)14(12(16)18-20)7-3-1-2-4-8-14/h5-6,20H,1-4,7-9H2,(H2,16,18)(H,17,19). The van der Waals surface area contributed by atoms with Crippen LogP contribution in [-0.4, -0.2) is 17.0 Å². The molecule has 7 heteroatoms. The van der Waals surface area contributed by atoms with Gasteiger partial charge in [0, 0.05) is 4.88 Å². The molecule has 1 aromatic heterocycles. The topological polar surface area (TPSA) is 87.7 Å². The summed E-state index contributed by atoms with van der Waals surface area (Å²) in [5.74, 6) is -0.143. The molecule has 1 aliphatic carbocycles. The maximum atomic E-state index is 12.6. The summed E-state index contributed by atoms with van der Waals surface area (Å²) >= 11 is 7.31. The van der Waals surface area contributed by atoms with Crippen molar-refractivity contribution in [3.63, 3.8) is 0 Å². The number of hydrogen-bond acceptors (Lipinski definition) is 4. The molecule has 0 unspecified atom stereocenters. The SMILES string of the molecule is NC(=NO)C1(C(=O)NCc2ccc(Cl)s2)CCCCCC1. The van der Waals surface area contributed by atoms with Crippen molar-refractivity contribution in [2.75, 3.05) is 0 Å². The summed E-state index contributed by atoms with van der Waals surface area (Å²) in [6.07, 6.45) is 5.23. The Kier molecular flexibility index (Phi) is 5.47. The van der Waals surface area contributed by atoms with Crippen LogP contribution in [0.5, 0.6) is 0 Å². The van der Waals surface area contributed by atoms with Gasteiger partial charge in [-0.2, -0.15) is 0 Å². The van der Waals surface area contributed by atoms with E-state index in [9.17, 15) is 4.79 Å². The number of rotatable bonds is 4. The number of amidine groups is 1. The van der Waals surface area contributed by atoms with E-state index in [1.165, 1.54) is 11.3 Å². The molecule has 0 saturated heterocycles. The minimum atomic E-state index is -0.883. The van der Waals surface area contributed by atoms with Crippen molar-refractivity contribution in [2.24, 2.45) is 16.3 Å². The summed E-state index contributed by atoms with van der Waals surface area (Å²) in [7, 11) is 0. The molecule has 2 rings (SSSR count). The second kappa shape index (κ2) is 7.13. The number of nitrogens with one attached hydrogen (secondary N) is 1. The highest BCUT2D eigenvalue weighted by Gasteiger charge is 2.42. The highest BCUT2D eigenvalue weighted by atomic mass is 35.5. The summed E-state index contributed by atoms with van der Waals surface area (Å²) in [5, 5.41) is 15.1. The summed E-state index contributed by atoms with van der Waals surface area (Å²) in [4.78, 5) is 13.6.